The first-order valence-electron chi connectivity index (χ1n) is 7.93. The quantitative estimate of drug-likeness (QED) is 0.836. The van der Waals surface area contributed by atoms with E-state index < -0.39 is 0 Å². The van der Waals surface area contributed by atoms with Crippen molar-refractivity contribution in [3.8, 4) is 5.75 Å². The number of ether oxygens (including phenoxy) is 1. The molecule has 0 spiro atoms. The summed E-state index contributed by atoms with van der Waals surface area (Å²) in [5.41, 5.74) is 2.78. The van der Waals surface area contributed by atoms with Crippen LogP contribution in [0.4, 0.5) is 5.69 Å². The summed E-state index contributed by atoms with van der Waals surface area (Å²) < 4.78 is 5.50. The lowest BCUT2D eigenvalue weighted by molar-refractivity contribution is -0.118. The molecule has 0 fully saturated rings. The summed E-state index contributed by atoms with van der Waals surface area (Å²) in [6.07, 6.45) is 0. The van der Waals surface area contributed by atoms with E-state index in [9.17, 15) is 14.4 Å². The number of fused-ring (bicyclic) bond motifs is 1. The van der Waals surface area contributed by atoms with Crippen LogP contribution in [0, 0.1) is 13.8 Å². The third-order valence-electron chi connectivity index (χ3n) is 4.15. The lowest BCUT2D eigenvalue weighted by Gasteiger charge is -2.10. The normalized spacial score (nSPS) is 13.0. The maximum absolute atomic E-state index is 12.1. The molecule has 0 aromatic heterocycles. The Bertz CT molecular complexity index is 916. The van der Waals surface area contributed by atoms with Gasteiger partial charge >= 0.3 is 0 Å². The minimum Gasteiger partial charge on any atom is -0.484 e. The minimum atomic E-state index is -0.385. The molecule has 1 aliphatic rings. The van der Waals surface area contributed by atoms with Gasteiger partial charge in [-0.3, -0.25) is 19.3 Å². The standard InChI is InChI=1S/C19H17ClN2O4/c1-10-6-13(7-11(2)17(10)20)26-9-16(23)21-12-4-5-14-15(8-12)19(25)22(3)18(14)24/h4-8H,9H2,1-3H3,(H,21,23). The molecule has 2 aromatic rings. The van der Waals surface area contributed by atoms with Gasteiger partial charge in [0.25, 0.3) is 17.7 Å². The predicted molar refractivity (Wildman–Crippen MR) is 97.9 cm³/mol. The van der Waals surface area contributed by atoms with Crippen LogP contribution in [0.15, 0.2) is 30.3 Å². The van der Waals surface area contributed by atoms with Crippen molar-refractivity contribution in [2.45, 2.75) is 13.8 Å². The highest BCUT2D eigenvalue weighted by Crippen LogP contribution is 2.26. The van der Waals surface area contributed by atoms with E-state index in [2.05, 4.69) is 5.32 Å². The summed E-state index contributed by atoms with van der Waals surface area (Å²) in [6, 6.07) is 8.13. The molecule has 1 heterocycles. The molecule has 0 radical (unpaired) electrons. The fourth-order valence-electron chi connectivity index (χ4n) is 2.77. The first kappa shape index (κ1) is 17.9. The van der Waals surface area contributed by atoms with Crippen molar-refractivity contribution in [3.63, 3.8) is 0 Å². The average Bonchev–Trinajstić information content (AvgIpc) is 2.82. The number of rotatable bonds is 4. The zero-order valence-corrected chi connectivity index (χ0v) is 15.3. The molecule has 0 saturated heterocycles. The van der Waals surface area contributed by atoms with Crippen molar-refractivity contribution >= 4 is 35.0 Å². The molecule has 26 heavy (non-hydrogen) atoms. The molecule has 1 N–H and O–H groups in total. The van der Waals surface area contributed by atoms with Gasteiger partial charge in [-0.05, 0) is 55.3 Å². The molecule has 134 valence electrons. The maximum Gasteiger partial charge on any atom is 0.262 e. The molecule has 3 rings (SSSR count). The third-order valence-corrected chi connectivity index (χ3v) is 4.75. The van der Waals surface area contributed by atoms with Crippen molar-refractivity contribution < 1.29 is 19.1 Å². The molecule has 0 bridgehead atoms. The van der Waals surface area contributed by atoms with E-state index in [4.69, 9.17) is 16.3 Å². The summed E-state index contributed by atoms with van der Waals surface area (Å²) in [7, 11) is 1.42. The van der Waals surface area contributed by atoms with Crippen molar-refractivity contribution in [2.24, 2.45) is 0 Å². The third kappa shape index (κ3) is 3.28. The highest BCUT2D eigenvalue weighted by atomic mass is 35.5. The van der Waals surface area contributed by atoms with Crippen LogP contribution in [0.1, 0.15) is 31.8 Å². The van der Waals surface area contributed by atoms with Crippen molar-refractivity contribution in [1.29, 1.82) is 0 Å². The van der Waals surface area contributed by atoms with Crippen LogP contribution in [0.5, 0.6) is 5.75 Å². The minimum absolute atomic E-state index is 0.190. The Hall–Kier alpha value is -2.86. The molecule has 0 unspecified atom stereocenters. The van der Waals surface area contributed by atoms with Crippen molar-refractivity contribution in [1.82, 2.24) is 4.90 Å². The number of imide groups is 1. The highest BCUT2D eigenvalue weighted by Gasteiger charge is 2.32. The Labute approximate surface area is 155 Å². The van der Waals surface area contributed by atoms with E-state index in [1.807, 2.05) is 13.8 Å². The number of nitrogens with one attached hydrogen (secondary N) is 1. The van der Waals surface area contributed by atoms with Crippen LogP contribution in [0.3, 0.4) is 0 Å². The molecular weight excluding hydrogens is 356 g/mol. The molecule has 0 saturated carbocycles. The van der Waals surface area contributed by atoms with E-state index in [0.29, 0.717) is 22.0 Å². The largest absolute Gasteiger partial charge is 0.484 e. The van der Waals surface area contributed by atoms with Gasteiger partial charge in [0.1, 0.15) is 5.75 Å². The van der Waals surface area contributed by atoms with Crippen LogP contribution in [-0.4, -0.2) is 36.3 Å². The monoisotopic (exact) mass is 372 g/mol. The van der Waals surface area contributed by atoms with Crippen LogP contribution in [-0.2, 0) is 4.79 Å². The summed E-state index contributed by atoms with van der Waals surface area (Å²) in [5, 5.41) is 3.33. The van der Waals surface area contributed by atoms with Crippen LogP contribution >= 0.6 is 11.6 Å². The van der Waals surface area contributed by atoms with Gasteiger partial charge in [-0.25, -0.2) is 0 Å². The Morgan fingerprint density at radius 3 is 2.35 bits per heavy atom. The van der Waals surface area contributed by atoms with Gasteiger partial charge in [0.2, 0.25) is 0 Å². The second-order valence-electron chi connectivity index (χ2n) is 6.14. The van der Waals surface area contributed by atoms with Crippen LogP contribution < -0.4 is 10.1 Å². The number of anilines is 1. The van der Waals surface area contributed by atoms with Gasteiger partial charge < -0.3 is 10.1 Å². The molecular formula is C19H17ClN2O4. The number of benzene rings is 2. The van der Waals surface area contributed by atoms with Gasteiger partial charge in [0.05, 0.1) is 11.1 Å². The van der Waals surface area contributed by atoms with E-state index >= 15 is 0 Å². The number of hydrogen-bond acceptors (Lipinski definition) is 4. The Morgan fingerprint density at radius 2 is 1.69 bits per heavy atom. The summed E-state index contributed by atoms with van der Waals surface area (Å²) in [5.74, 6) is -0.555. The molecule has 0 aliphatic carbocycles. The van der Waals surface area contributed by atoms with Gasteiger partial charge in [-0.1, -0.05) is 11.6 Å². The Kier molecular flexibility index (Phi) is 4.70. The second kappa shape index (κ2) is 6.80. The number of halogens is 1. The molecule has 6 nitrogen and oxygen atoms in total. The van der Waals surface area contributed by atoms with E-state index in [1.54, 1.807) is 18.2 Å². The number of amides is 3. The summed E-state index contributed by atoms with van der Waals surface area (Å²) >= 11 is 6.11. The fourth-order valence-corrected chi connectivity index (χ4v) is 2.88. The summed E-state index contributed by atoms with van der Waals surface area (Å²) in [4.78, 5) is 37.0. The van der Waals surface area contributed by atoms with Gasteiger partial charge in [-0.15, -0.1) is 0 Å². The zero-order chi connectivity index (χ0) is 19.0. The lowest BCUT2D eigenvalue weighted by Crippen LogP contribution is -2.24. The zero-order valence-electron chi connectivity index (χ0n) is 14.6. The van der Waals surface area contributed by atoms with Gasteiger partial charge in [-0.2, -0.15) is 0 Å². The number of carbonyl (C=O) groups is 3. The number of aryl methyl sites for hydroxylation is 2. The predicted octanol–water partition coefficient (Wildman–Crippen LogP) is 3.20. The molecule has 3 amide bonds. The second-order valence-corrected chi connectivity index (χ2v) is 6.52. The van der Waals surface area contributed by atoms with E-state index in [1.165, 1.54) is 19.2 Å². The molecule has 7 heteroatoms. The smallest absolute Gasteiger partial charge is 0.262 e. The Morgan fingerprint density at radius 1 is 1.08 bits per heavy atom. The van der Waals surface area contributed by atoms with Gasteiger partial charge in [0, 0.05) is 17.8 Å². The van der Waals surface area contributed by atoms with Crippen LogP contribution in [0.2, 0.25) is 5.02 Å². The average molecular weight is 373 g/mol. The topological polar surface area (TPSA) is 75.7 Å². The SMILES string of the molecule is Cc1cc(OCC(=O)Nc2ccc3c(c2)C(=O)N(C)C3=O)cc(C)c1Cl. The van der Waals surface area contributed by atoms with Crippen molar-refractivity contribution in [2.75, 3.05) is 19.0 Å². The molecule has 0 atom stereocenters. The van der Waals surface area contributed by atoms with E-state index in [0.717, 1.165) is 16.0 Å². The van der Waals surface area contributed by atoms with Crippen molar-refractivity contribution in [3.05, 3.63) is 57.6 Å². The summed E-state index contributed by atoms with van der Waals surface area (Å²) in [6.45, 7) is 3.54. The maximum atomic E-state index is 12.1. The highest BCUT2D eigenvalue weighted by molar-refractivity contribution is 6.32. The first-order chi connectivity index (χ1) is 12.3. The first-order valence-corrected chi connectivity index (χ1v) is 8.31. The Balaban J connectivity index is 1.66. The van der Waals surface area contributed by atoms with E-state index in [-0.39, 0.29) is 29.9 Å². The molecule has 1 aliphatic heterocycles. The fraction of sp³-hybridized carbons (Fsp3) is 0.211. The van der Waals surface area contributed by atoms with Crippen LogP contribution in [0.25, 0.3) is 0 Å². The number of carbonyl (C=O) groups excluding carboxylic acids is 3. The molecule has 2 aromatic carbocycles. The number of nitrogens with zero attached hydrogens (tertiary/aromatic N) is 1. The number of hydrogen-bond donors (Lipinski definition) is 1. The lowest BCUT2D eigenvalue weighted by atomic mass is 10.1. The van der Waals surface area contributed by atoms with Gasteiger partial charge in [0.15, 0.2) is 6.61 Å².